The summed E-state index contributed by atoms with van der Waals surface area (Å²) in [6.07, 6.45) is 8.38. The minimum atomic E-state index is 0.138. The maximum absolute atomic E-state index is 9.59. The van der Waals surface area contributed by atoms with Crippen molar-refractivity contribution in [2.45, 2.75) is 38.0 Å². The Bertz CT molecular complexity index is 706. The molecule has 2 aromatic rings. The van der Waals surface area contributed by atoms with Gasteiger partial charge >= 0.3 is 0 Å². The van der Waals surface area contributed by atoms with Crippen LogP contribution in [-0.4, -0.2) is 5.11 Å². The highest BCUT2D eigenvalue weighted by Gasteiger charge is 2.19. The summed E-state index contributed by atoms with van der Waals surface area (Å²) < 4.78 is 1.12. The molecular formula is C20H20BrClO. The molecule has 1 atom stereocenters. The molecule has 1 aliphatic rings. The standard InChI is InChI=1S/C20H20BrClO/c21-17-9-7-15(8-10-17)18-5-3-1-2-4-16(18)12-14-6-11-20(23)19(22)13-14/h6-13,18,23H,1-5H2. The second kappa shape index (κ2) is 7.55. The van der Waals surface area contributed by atoms with E-state index >= 15 is 0 Å². The van der Waals surface area contributed by atoms with Crippen molar-refractivity contribution in [2.75, 3.05) is 0 Å². The van der Waals surface area contributed by atoms with Gasteiger partial charge in [0.1, 0.15) is 5.75 Å². The zero-order valence-electron chi connectivity index (χ0n) is 12.9. The minimum absolute atomic E-state index is 0.138. The first-order valence-corrected chi connectivity index (χ1v) is 9.25. The van der Waals surface area contributed by atoms with Crippen molar-refractivity contribution in [3.05, 3.63) is 68.7 Å². The fourth-order valence-electron chi connectivity index (χ4n) is 3.29. The van der Waals surface area contributed by atoms with Crippen molar-refractivity contribution in [1.29, 1.82) is 0 Å². The number of benzene rings is 2. The molecule has 1 unspecified atom stereocenters. The summed E-state index contributed by atoms with van der Waals surface area (Å²) in [6.45, 7) is 0. The van der Waals surface area contributed by atoms with Gasteiger partial charge in [0, 0.05) is 10.4 Å². The molecule has 1 fully saturated rings. The normalized spacial score (nSPS) is 20.4. The van der Waals surface area contributed by atoms with Gasteiger partial charge < -0.3 is 5.11 Å². The number of aromatic hydroxyl groups is 1. The third-order valence-electron chi connectivity index (χ3n) is 4.50. The predicted octanol–water partition coefficient (Wildman–Crippen LogP) is 6.94. The maximum Gasteiger partial charge on any atom is 0.134 e. The molecule has 120 valence electrons. The molecule has 0 saturated heterocycles. The molecule has 1 N–H and O–H groups in total. The van der Waals surface area contributed by atoms with Crippen LogP contribution < -0.4 is 0 Å². The summed E-state index contributed by atoms with van der Waals surface area (Å²) >= 11 is 9.57. The SMILES string of the molecule is Oc1ccc(C=C2CCCCCC2c2ccc(Br)cc2)cc1Cl. The van der Waals surface area contributed by atoms with Crippen molar-refractivity contribution < 1.29 is 5.11 Å². The summed E-state index contributed by atoms with van der Waals surface area (Å²) in [4.78, 5) is 0. The monoisotopic (exact) mass is 390 g/mol. The van der Waals surface area contributed by atoms with Crippen LogP contribution in [0.25, 0.3) is 6.08 Å². The van der Waals surface area contributed by atoms with Gasteiger partial charge in [0.05, 0.1) is 5.02 Å². The number of rotatable bonds is 2. The van der Waals surface area contributed by atoms with E-state index < -0.39 is 0 Å². The number of phenolic OH excluding ortho intramolecular Hbond substituents is 1. The summed E-state index contributed by atoms with van der Waals surface area (Å²) in [6, 6.07) is 14.1. The molecule has 0 aliphatic heterocycles. The fourth-order valence-corrected chi connectivity index (χ4v) is 3.74. The molecule has 0 heterocycles. The van der Waals surface area contributed by atoms with Crippen LogP contribution in [0, 0.1) is 0 Å². The van der Waals surface area contributed by atoms with Crippen LogP contribution in [0.15, 0.2) is 52.5 Å². The summed E-state index contributed by atoms with van der Waals surface area (Å²) in [7, 11) is 0. The average Bonchev–Trinajstić information content (AvgIpc) is 2.77. The van der Waals surface area contributed by atoms with Gasteiger partial charge in [0.15, 0.2) is 0 Å². The van der Waals surface area contributed by atoms with Gasteiger partial charge in [-0.1, -0.05) is 70.2 Å². The highest BCUT2D eigenvalue weighted by atomic mass is 79.9. The lowest BCUT2D eigenvalue weighted by molar-refractivity contribution is 0.475. The first-order valence-electron chi connectivity index (χ1n) is 8.08. The zero-order chi connectivity index (χ0) is 16.2. The van der Waals surface area contributed by atoms with Crippen LogP contribution in [0.1, 0.15) is 49.1 Å². The Morgan fingerprint density at radius 1 is 1.04 bits per heavy atom. The number of halogens is 2. The van der Waals surface area contributed by atoms with E-state index in [2.05, 4.69) is 46.3 Å². The highest BCUT2D eigenvalue weighted by molar-refractivity contribution is 9.10. The van der Waals surface area contributed by atoms with Crippen molar-refractivity contribution in [2.24, 2.45) is 0 Å². The van der Waals surface area contributed by atoms with Gasteiger partial charge in [0.25, 0.3) is 0 Å². The van der Waals surface area contributed by atoms with Gasteiger partial charge in [-0.3, -0.25) is 0 Å². The van der Waals surface area contributed by atoms with E-state index in [0.29, 0.717) is 10.9 Å². The van der Waals surface area contributed by atoms with Gasteiger partial charge in [-0.05, 0) is 54.7 Å². The molecule has 3 rings (SSSR count). The second-order valence-electron chi connectivity index (χ2n) is 6.13. The molecule has 0 aromatic heterocycles. The number of hydrogen-bond donors (Lipinski definition) is 1. The van der Waals surface area contributed by atoms with E-state index in [1.807, 2.05) is 12.1 Å². The van der Waals surface area contributed by atoms with Crippen LogP contribution in [0.5, 0.6) is 5.75 Å². The molecule has 0 radical (unpaired) electrons. The number of hydrogen-bond acceptors (Lipinski definition) is 1. The Hall–Kier alpha value is -1.25. The van der Waals surface area contributed by atoms with Crippen LogP contribution in [-0.2, 0) is 0 Å². The summed E-state index contributed by atoms with van der Waals surface area (Å²) in [5.41, 5.74) is 3.91. The van der Waals surface area contributed by atoms with Crippen LogP contribution >= 0.6 is 27.5 Å². The zero-order valence-corrected chi connectivity index (χ0v) is 15.3. The number of phenols is 1. The van der Waals surface area contributed by atoms with E-state index in [1.165, 1.54) is 36.8 Å². The molecule has 1 aliphatic carbocycles. The van der Waals surface area contributed by atoms with E-state index in [9.17, 15) is 5.11 Å². The average molecular weight is 392 g/mol. The second-order valence-corrected chi connectivity index (χ2v) is 7.46. The van der Waals surface area contributed by atoms with Crippen LogP contribution in [0.4, 0.5) is 0 Å². The van der Waals surface area contributed by atoms with Gasteiger partial charge in [-0.2, -0.15) is 0 Å². The summed E-state index contributed by atoms with van der Waals surface area (Å²) in [5, 5.41) is 10.0. The van der Waals surface area contributed by atoms with Gasteiger partial charge in [-0.15, -0.1) is 0 Å². The molecule has 1 saturated carbocycles. The van der Waals surface area contributed by atoms with Crippen molar-refractivity contribution >= 4 is 33.6 Å². The van der Waals surface area contributed by atoms with E-state index in [1.54, 1.807) is 6.07 Å². The Morgan fingerprint density at radius 3 is 2.57 bits per heavy atom. The lowest BCUT2D eigenvalue weighted by atomic mass is 9.86. The van der Waals surface area contributed by atoms with E-state index in [4.69, 9.17) is 11.6 Å². The van der Waals surface area contributed by atoms with Crippen molar-refractivity contribution in [1.82, 2.24) is 0 Å². The minimum Gasteiger partial charge on any atom is -0.506 e. The predicted molar refractivity (Wildman–Crippen MR) is 101 cm³/mol. The fraction of sp³-hybridized carbons (Fsp3) is 0.300. The molecule has 0 amide bonds. The van der Waals surface area contributed by atoms with Gasteiger partial charge in [-0.25, -0.2) is 0 Å². The topological polar surface area (TPSA) is 20.2 Å². The lowest BCUT2D eigenvalue weighted by Gasteiger charge is -2.19. The third kappa shape index (κ3) is 4.19. The molecule has 0 bridgehead atoms. The molecule has 1 nitrogen and oxygen atoms in total. The third-order valence-corrected chi connectivity index (χ3v) is 5.33. The van der Waals surface area contributed by atoms with Crippen molar-refractivity contribution in [3.63, 3.8) is 0 Å². The highest BCUT2D eigenvalue weighted by Crippen LogP contribution is 2.38. The largest absolute Gasteiger partial charge is 0.506 e. The maximum atomic E-state index is 9.59. The van der Waals surface area contributed by atoms with E-state index in [-0.39, 0.29) is 5.75 Å². The van der Waals surface area contributed by atoms with Crippen LogP contribution in [0.2, 0.25) is 5.02 Å². The van der Waals surface area contributed by atoms with E-state index in [0.717, 1.165) is 16.5 Å². The van der Waals surface area contributed by atoms with Crippen molar-refractivity contribution in [3.8, 4) is 5.75 Å². The smallest absolute Gasteiger partial charge is 0.134 e. The van der Waals surface area contributed by atoms with Crippen LogP contribution in [0.3, 0.4) is 0 Å². The quantitative estimate of drug-likeness (QED) is 0.550. The first-order chi connectivity index (χ1) is 11.1. The van der Waals surface area contributed by atoms with Gasteiger partial charge in [0.2, 0.25) is 0 Å². The number of allylic oxidation sites excluding steroid dienone is 1. The summed E-state index contributed by atoms with van der Waals surface area (Å²) in [5.74, 6) is 0.609. The lowest BCUT2D eigenvalue weighted by Crippen LogP contribution is -2.01. The Kier molecular flexibility index (Phi) is 5.45. The Labute approximate surface area is 151 Å². The molecule has 2 aromatic carbocycles. The Morgan fingerprint density at radius 2 is 1.83 bits per heavy atom. The first kappa shape index (κ1) is 16.6. The molecule has 23 heavy (non-hydrogen) atoms. The Balaban J connectivity index is 1.96. The molecule has 0 spiro atoms. The molecule has 3 heteroatoms. The molecular weight excluding hydrogens is 372 g/mol.